The van der Waals surface area contributed by atoms with Crippen molar-refractivity contribution in [2.45, 2.75) is 4.90 Å². The van der Waals surface area contributed by atoms with Gasteiger partial charge in [-0.3, -0.25) is 0 Å². The van der Waals surface area contributed by atoms with Gasteiger partial charge in [-0.25, -0.2) is 4.39 Å². The number of thioether (sulfide) groups is 1. The molecular weight excluding hydrogens is 135 g/mol. The molecule has 0 N–H and O–H groups in total. The van der Waals surface area contributed by atoms with Crippen LogP contribution >= 0.6 is 11.8 Å². The van der Waals surface area contributed by atoms with Gasteiger partial charge in [-0.15, -0.1) is 11.8 Å². The molecule has 1 radical (unpaired) electrons. The van der Waals surface area contributed by atoms with Crippen LogP contribution < -0.4 is 0 Å². The molecule has 0 aromatic heterocycles. The van der Waals surface area contributed by atoms with Gasteiger partial charge in [-0.05, 0) is 12.3 Å². The molecule has 0 saturated heterocycles. The Morgan fingerprint density at radius 2 is 2.44 bits per heavy atom. The number of hydrogen-bond acceptors (Lipinski definition) is 1. The molecular formula is C7H6FS. The van der Waals surface area contributed by atoms with Gasteiger partial charge in [0.25, 0.3) is 0 Å². The van der Waals surface area contributed by atoms with Crippen molar-refractivity contribution in [3.05, 3.63) is 30.1 Å². The first-order valence-electron chi connectivity index (χ1n) is 2.55. The molecule has 1 aromatic rings. The molecule has 0 aliphatic rings. The normalized spacial score (nSPS) is 9.56. The molecule has 0 bridgehead atoms. The molecule has 0 aliphatic heterocycles. The third kappa shape index (κ3) is 1.45. The van der Waals surface area contributed by atoms with E-state index in [1.54, 1.807) is 18.2 Å². The summed E-state index contributed by atoms with van der Waals surface area (Å²) in [6.45, 7) is 0. The number of hydrogen-bond donors (Lipinski definition) is 0. The van der Waals surface area contributed by atoms with E-state index in [1.807, 2.05) is 6.26 Å². The Morgan fingerprint density at radius 1 is 1.67 bits per heavy atom. The van der Waals surface area contributed by atoms with E-state index in [2.05, 4.69) is 6.07 Å². The first-order chi connectivity index (χ1) is 4.34. The van der Waals surface area contributed by atoms with Crippen molar-refractivity contribution in [3.63, 3.8) is 0 Å². The van der Waals surface area contributed by atoms with Crippen molar-refractivity contribution in [3.8, 4) is 0 Å². The molecule has 0 amide bonds. The lowest BCUT2D eigenvalue weighted by molar-refractivity contribution is 0.600. The highest BCUT2D eigenvalue weighted by molar-refractivity contribution is 7.98. The summed E-state index contributed by atoms with van der Waals surface area (Å²) in [4.78, 5) is 0.650. The third-order valence-corrected chi connectivity index (χ3v) is 1.75. The molecule has 1 rings (SSSR count). The molecule has 0 nitrogen and oxygen atoms in total. The lowest BCUT2D eigenvalue weighted by Gasteiger charge is -1.93. The van der Waals surface area contributed by atoms with Crippen molar-refractivity contribution in [1.29, 1.82) is 0 Å². The Balaban J connectivity index is 3.01. The van der Waals surface area contributed by atoms with Crippen molar-refractivity contribution in [2.24, 2.45) is 0 Å². The smallest absolute Gasteiger partial charge is 0.144 e. The summed E-state index contributed by atoms with van der Waals surface area (Å²) in [5.74, 6) is -0.259. The molecule has 1 aromatic carbocycles. The first-order valence-corrected chi connectivity index (χ1v) is 3.77. The van der Waals surface area contributed by atoms with Crippen LogP contribution in [0.1, 0.15) is 0 Å². The van der Waals surface area contributed by atoms with E-state index in [0.717, 1.165) is 0 Å². The zero-order valence-electron chi connectivity index (χ0n) is 5.02. The lowest BCUT2D eigenvalue weighted by Crippen LogP contribution is -1.76. The molecule has 0 saturated carbocycles. The maximum absolute atomic E-state index is 12.5. The summed E-state index contributed by atoms with van der Waals surface area (Å²) in [6, 6.07) is 7.53. The Labute approximate surface area is 58.1 Å². The summed E-state index contributed by atoms with van der Waals surface area (Å²) >= 11 is 1.39. The Morgan fingerprint density at radius 3 is 2.89 bits per heavy atom. The fraction of sp³-hybridized carbons (Fsp3) is 0.143. The number of rotatable bonds is 1. The molecule has 47 valence electrons. The maximum atomic E-state index is 12.5. The standard InChI is InChI=1S/C7H6FS/c1-9-7-5-3-2-4-6(7)8/h2-3,5H,1H3. The van der Waals surface area contributed by atoms with E-state index in [-0.39, 0.29) is 5.82 Å². The predicted octanol–water partition coefficient (Wildman–Crippen LogP) is 2.35. The second-order valence-corrected chi connectivity index (χ2v) is 2.40. The predicted molar refractivity (Wildman–Crippen MR) is 37.0 cm³/mol. The quantitative estimate of drug-likeness (QED) is 0.541. The van der Waals surface area contributed by atoms with Crippen molar-refractivity contribution in [1.82, 2.24) is 0 Å². The van der Waals surface area contributed by atoms with Crippen molar-refractivity contribution < 1.29 is 4.39 Å². The molecule has 0 heterocycles. The van der Waals surface area contributed by atoms with Gasteiger partial charge < -0.3 is 0 Å². The van der Waals surface area contributed by atoms with Crippen molar-refractivity contribution in [2.75, 3.05) is 6.26 Å². The highest BCUT2D eigenvalue weighted by Crippen LogP contribution is 2.16. The van der Waals surface area contributed by atoms with Crippen LogP contribution in [0.15, 0.2) is 23.1 Å². The minimum absolute atomic E-state index is 0.259. The van der Waals surface area contributed by atoms with E-state index >= 15 is 0 Å². The zero-order chi connectivity index (χ0) is 6.69. The second kappa shape index (κ2) is 2.87. The van der Waals surface area contributed by atoms with Gasteiger partial charge in [0.05, 0.1) is 0 Å². The topological polar surface area (TPSA) is 0 Å². The fourth-order valence-corrected chi connectivity index (χ4v) is 1.01. The Hall–Kier alpha value is -0.500. The van der Waals surface area contributed by atoms with Crippen molar-refractivity contribution >= 4 is 11.8 Å². The summed E-state index contributed by atoms with van der Waals surface area (Å²) < 4.78 is 12.5. The molecule has 2 heteroatoms. The van der Waals surface area contributed by atoms with Gasteiger partial charge >= 0.3 is 0 Å². The number of benzene rings is 1. The van der Waals surface area contributed by atoms with Crippen LogP contribution in [0, 0.1) is 11.9 Å². The van der Waals surface area contributed by atoms with Gasteiger partial charge in [0.2, 0.25) is 0 Å². The molecule has 0 atom stereocenters. The summed E-state index contributed by atoms with van der Waals surface area (Å²) in [6.07, 6.45) is 1.84. The van der Waals surface area contributed by atoms with E-state index in [1.165, 1.54) is 11.8 Å². The van der Waals surface area contributed by atoms with Gasteiger partial charge in [0.15, 0.2) is 0 Å². The molecule has 0 aliphatic carbocycles. The Kier molecular flexibility index (Phi) is 2.11. The van der Waals surface area contributed by atoms with Crippen LogP contribution in [-0.2, 0) is 0 Å². The molecule has 9 heavy (non-hydrogen) atoms. The minimum Gasteiger partial charge on any atom is -0.205 e. The van der Waals surface area contributed by atoms with Crippen LogP contribution in [0.3, 0.4) is 0 Å². The van der Waals surface area contributed by atoms with Crippen LogP contribution in [0.5, 0.6) is 0 Å². The molecule has 0 spiro atoms. The lowest BCUT2D eigenvalue weighted by atomic mass is 10.4. The molecule has 0 unspecified atom stereocenters. The minimum atomic E-state index is -0.259. The van der Waals surface area contributed by atoms with Gasteiger partial charge in [-0.2, -0.15) is 0 Å². The summed E-state index contributed by atoms with van der Waals surface area (Å²) in [7, 11) is 0. The average Bonchev–Trinajstić information content (AvgIpc) is 1.89. The van der Waals surface area contributed by atoms with E-state index < -0.39 is 0 Å². The maximum Gasteiger partial charge on any atom is 0.144 e. The fourth-order valence-electron chi connectivity index (χ4n) is 0.559. The van der Waals surface area contributed by atoms with Crippen LogP contribution in [0.4, 0.5) is 4.39 Å². The van der Waals surface area contributed by atoms with Crippen LogP contribution in [-0.4, -0.2) is 6.26 Å². The van der Waals surface area contributed by atoms with E-state index in [0.29, 0.717) is 4.90 Å². The van der Waals surface area contributed by atoms with E-state index in [4.69, 9.17) is 0 Å². The van der Waals surface area contributed by atoms with E-state index in [9.17, 15) is 4.39 Å². The summed E-state index contributed by atoms with van der Waals surface area (Å²) in [5, 5.41) is 0. The zero-order valence-corrected chi connectivity index (χ0v) is 5.83. The largest absolute Gasteiger partial charge is 0.205 e. The Bertz CT molecular complexity index is 198. The second-order valence-electron chi connectivity index (χ2n) is 1.55. The van der Waals surface area contributed by atoms with Gasteiger partial charge in [0.1, 0.15) is 5.82 Å². The average molecular weight is 141 g/mol. The first kappa shape index (κ1) is 6.62. The highest BCUT2D eigenvalue weighted by Gasteiger charge is 1.95. The van der Waals surface area contributed by atoms with Gasteiger partial charge in [-0.1, -0.05) is 12.1 Å². The SMILES string of the molecule is CSc1ccc[c]c1F. The van der Waals surface area contributed by atoms with Gasteiger partial charge in [0, 0.05) is 11.0 Å². The van der Waals surface area contributed by atoms with Crippen LogP contribution in [0.25, 0.3) is 0 Å². The highest BCUT2D eigenvalue weighted by atomic mass is 32.2. The monoisotopic (exact) mass is 141 g/mol. The number of halogens is 1. The third-order valence-electron chi connectivity index (χ3n) is 0.990. The molecule has 0 fully saturated rings. The summed E-state index contributed by atoms with van der Waals surface area (Å²) in [5.41, 5.74) is 0. The van der Waals surface area contributed by atoms with Crippen LogP contribution in [0.2, 0.25) is 0 Å².